The van der Waals surface area contributed by atoms with E-state index in [2.05, 4.69) is 5.32 Å². The van der Waals surface area contributed by atoms with E-state index in [4.69, 9.17) is 16.0 Å². The van der Waals surface area contributed by atoms with Gasteiger partial charge in [-0.05, 0) is 61.0 Å². The Morgan fingerprint density at radius 2 is 1.77 bits per heavy atom. The number of likely N-dealkylation sites (N-methyl/N-ethyl adjacent to an activating group) is 1. The minimum atomic E-state index is -1.44. The van der Waals surface area contributed by atoms with Gasteiger partial charge in [0.05, 0.1) is 11.5 Å². The van der Waals surface area contributed by atoms with Crippen molar-refractivity contribution in [1.29, 1.82) is 0 Å². The number of rotatable bonds is 7. The lowest BCUT2D eigenvalue weighted by Gasteiger charge is -2.23. The Labute approximate surface area is 205 Å². The largest absolute Gasteiger partial charge is 0.459 e. The summed E-state index contributed by atoms with van der Waals surface area (Å²) < 4.78 is 5.82. The molecule has 2 aromatic carbocycles. The van der Waals surface area contributed by atoms with Gasteiger partial charge in [-0.25, -0.2) is 4.79 Å². The average Bonchev–Trinajstić information content (AvgIpc) is 3.38. The van der Waals surface area contributed by atoms with Gasteiger partial charge in [-0.15, -0.1) is 0 Å². The highest BCUT2D eigenvalue weighted by atomic mass is 35.5. The van der Waals surface area contributed by atoms with Crippen LogP contribution in [0.1, 0.15) is 18.2 Å². The lowest BCUT2D eigenvalue weighted by Crippen LogP contribution is -2.43. The number of nitro benzene ring substituents is 1. The zero-order valence-corrected chi connectivity index (χ0v) is 19.6. The number of non-ortho nitro benzene ring substituents is 1. The molecule has 4 rings (SSSR count). The van der Waals surface area contributed by atoms with Crippen molar-refractivity contribution in [3.8, 4) is 11.3 Å². The number of carbonyl (C=O) groups excluding carboxylic acids is 3. The van der Waals surface area contributed by atoms with Crippen LogP contribution in [0.4, 0.5) is 10.5 Å². The molecule has 4 amide bonds. The molecule has 0 aliphatic carbocycles. The number of furan rings is 1. The molecule has 0 bridgehead atoms. The summed E-state index contributed by atoms with van der Waals surface area (Å²) in [5.74, 6) is 0.0521. The molecule has 1 saturated heterocycles. The van der Waals surface area contributed by atoms with E-state index in [1.807, 2.05) is 12.1 Å². The Balaban J connectivity index is 1.42. The minimum Gasteiger partial charge on any atom is -0.459 e. The topological polar surface area (TPSA) is 126 Å². The van der Waals surface area contributed by atoms with Crippen LogP contribution in [0.2, 0.25) is 5.02 Å². The number of halogens is 1. The predicted octanol–water partition coefficient (Wildman–Crippen LogP) is 3.93. The van der Waals surface area contributed by atoms with Crippen LogP contribution in [0.15, 0.2) is 65.1 Å². The molecule has 1 atom stereocenters. The number of hydrogen-bond donors (Lipinski definition) is 1. The highest BCUT2D eigenvalue weighted by Gasteiger charge is 2.49. The number of benzene rings is 2. The summed E-state index contributed by atoms with van der Waals surface area (Å²) in [4.78, 5) is 50.9. The summed E-state index contributed by atoms with van der Waals surface area (Å²) in [5, 5.41) is 14.1. The maximum atomic E-state index is 13.1. The molecule has 0 saturated carbocycles. The van der Waals surface area contributed by atoms with Crippen molar-refractivity contribution in [2.75, 3.05) is 13.6 Å². The molecule has 180 valence electrons. The number of amides is 4. The van der Waals surface area contributed by atoms with Gasteiger partial charge in [0.15, 0.2) is 0 Å². The fourth-order valence-electron chi connectivity index (χ4n) is 3.76. The number of carbonyl (C=O) groups is 3. The highest BCUT2D eigenvalue weighted by Crippen LogP contribution is 2.30. The molecule has 0 spiro atoms. The van der Waals surface area contributed by atoms with E-state index in [0.29, 0.717) is 22.1 Å². The van der Waals surface area contributed by atoms with E-state index < -0.39 is 34.9 Å². The second-order valence-electron chi connectivity index (χ2n) is 8.27. The molecule has 1 unspecified atom stereocenters. The monoisotopic (exact) mass is 496 g/mol. The van der Waals surface area contributed by atoms with Gasteiger partial charge in [0.2, 0.25) is 5.91 Å². The van der Waals surface area contributed by atoms with Crippen molar-refractivity contribution in [3.63, 3.8) is 0 Å². The Morgan fingerprint density at radius 1 is 1.11 bits per heavy atom. The number of nitrogens with zero attached hydrogens (tertiary/aromatic N) is 3. The van der Waals surface area contributed by atoms with E-state index in [1.54, 1.807) is 31.3 Å². The van der Waals surface area contributed by atoms with Crippen molar-refractivity contribution < 1.29 is 23.7 Å². The van der Waals surface area contributed by atoms with E-state index in [1.165, 1.54) is 36.1 Å². The number of nitro groups is 1. The normalized spacial score (nSPS) is 17.4. The summed E-state index contributed by atoms with van der Waals surface area (Å²) in [7, 11) is 1.54. The highest BCUT2D eigenvalue weighted by molar-refractivity contribution is 6.30. The van der Waals surface area contributed by atoms with Gasteiger partial charge in [0, 0.05) is 29.8 Å². The maximum absolute atomic E-state index is 13.1. The van der Waals surface area contributed by atoms with Crippen molar-refractivity contribution in [1.82, 2.24) is 15.1 Å². The standard InChI is InChI=1S/C24H21ClN4O6/c1-24(16-5-9-18(10-6-16)29(33)34)22(31)28(23(32)26-24)14-21(30)27(2)13-19-11-12-20(35-19)15-3-7-17(25)8-4-15/h3-12H,13-14H2,1-2H3,(H,26,32). The Morgan fingerprint density at radius 3 is 2.40 bits per heavy atom. The zero-order chi connectivity index (χ0) is 25.3. The lowest BCUT2D eigenvalue weighted by molar-refractivity contribution is -0.384. The first-order valence-electron chi connectivity index (χ1n) is 10.6. The molecular weight excluding hydrogens is 476 g/mol. The van der Waals surface area contributed by atoms with E-state index in [-0.39, 0.29) is 12.2 Å². The third-order valence-electron chi connectivity index (χ3n) is 5.83. The van der Waals surface area contributed by atoms with E-state index in [0.717, 1.165) is 10.5 Å². The van der Waals surface area contributed by atoms with Gasteiger partial charge in [-0.1, -0.05) is 11.6 Å². The van der Waals surface area contributed by atoms with E-state index in [9.17, 15) is 24.5 Å². The summed E-state index contributed by atoms with van der Waals surface area (Å²) in [6.45, 7) is 1.16. The average molecular weight is 497 g/mol. The molecule has 3 aromatic rings. The molecule has 11 heteroatoms. The second kappa shape index (κ2) is 9.22. The Bertz CT molecular complexity index is 1300. The van der Waals surface area contributed by atoms with Gasteiger partial charge in [0.25, 0.3) is 11.6 Å². The molecule has 1 aromatic heterocycles. The van der Waals surface area contributed by atoms with E-state index >= 15 is 0 Å². The smallest absolute Gasteiger partial charge is 0.325 e. The third-order valence-corrected chi connectivity index (χ3v) is 6.08. The van der Waals surface area contributed by atoms with Crippen LogP contribution in [-0.2, 0) is 21.7 Å². The van der Waals surface area contributed by atoms with Crippen LogP contribution >= 0.6 is 11.6 Å². The van der Waals surface area contributed by atoms with Gasteiger partial charge < -0.3 is 14.6 Å². The van der Waals surface area contributed by atoms with Crippen LogP contribution in [-0.4, -0.2) is 46.2 Å². The van der Waals surface area contributed by atoms with Crippen LogP contribution in [0.25, 0.3) is 11.3 Å². The molecule has 2 heterocycles. The number of urea groups is 1. The first kappa shape index (κ1) is 24.0. The number of hydrogen-bond acceptors (Lipinski definition) is 6. The first-order valence-corrected chi connectivity index (χ1v) is 10.9. The zero-order valence-electron chi connectivity index (χ0n) is 18.9. The SMILES string of the molecule is CN(Cc1ccc(-c2ccc(Cl)cc2)o1)C(=O)CN1C(=O)NC(C)(c2ccc([N+](=O)[O-])cc2)C1=O. The molecule has 1 aliphatic heterocycles. The maximum Gasteiger partial charge on any atom is 0.325 e. The van der Waals surface area contributed by atoms with Crippen LogP contribution in [0.5, 0.6) is 0 Å². The van der Waals surface area contributed by atoms with Gasteiger partial charge in [0.1, 0.15) is 23.6 Å². The molecule has 10 nitrogen and oxygen atoms in total. The fraction of sp³-hybridized carbons (Fsp3) is 0.208. The number of imide groups is 1. The van der Waals surface area contributed by atoms with Crippen LogP contribution < -0.4 is 5.32 Å². The summed E-state index contributed by atoms with van der Waals surface area (Å²) in [6.07, 6.45) is 0. The molecule has 1 aliphatic rings. The summed E-state index contributed by atoms with van der Waals surface area (Å²) in [6, 6.07) is 15.3. The predicted molar refractivity (Wildman–Crippen MR) is 126 cm³/mol. The molecule has 1 fully saturated rings. The quantitative estimate of drug-likeness (QED) is 0.300. The van der Waals surface area contributed by atoms with Crippen molar-refractivity contribution in [3.05, 3.63) is 87.1 Å². The Kier molecular flexibility index (Phi) is 6.31. The minimum absolute atomic E-state index is 0.135. The summed E-state index contributed by atoms with van der Waals surface area (Å²) in [5.41, 5.74) is -0.381. The van der Waals surface area contributed by atoms with Crippen molar-refractivity contribution in [2.24, 2.45) is 0 Å². The van der Waals surface area contributed by atoms with Crippen molar-refractivity contribution in [2.45, 2.75) is 19.0 Å². The fourth-order valence-corrected chi connectivity index (χ4v) is 3.89. The first-order chi connectivity index (χ1) is 16.6. The second-order valence-corrected chi connectivity index (χ2v) is 8.71. The van der Waals surface area contributed by atoms with Crippen LogP contribution in [0, 0.1) is 10.1 Å². The Hall–Kier alpha value is -4.18. The molecule has 1 N–H and O–H groups in total. The molecule has 35 heavy (non-hydrogen) atoms. The third kappa shape index (κ3) is 4.73. The molecular formula is C24H21ClN4O6. The lowest BCUT2D eigenvalue weighted by atomic mass is 9.92. The van der Waals surface area contributed by atoms with Crippen LogP contribution in [0.3, 0.4) is 0 Å². The van der Waals surface area contributed by atoms with Crippen molar-refractivity contribution >= 4 is 35.1 Å². The number of nitrogens with one attached hydrogen (secondary N) is 1. The van der Waals surface area contributed by atoms with Gasteiger partial charge in [-0.2, -0.15) is 0 Å². The summed E-state index contributed by atoms with van der Waals surface area (Å²) >= 11 is 5.91. The van der Waals surface area contributed by atoms with Gasteiger partial charge >= 0.3 is 6.03 Å². The van der Waals surface area contributed by atoms with Gasteiger partial charge in [-0.3, -0.25) is 24.6 Å². The molecule has 0 radical (unpaired) electrons.